The summed E-state index contributed by atoms with van der Waals surface area (Å²) >= 11 is 0. The molecule has 5 rings (SSSR count). The number of unbranched alkanes of at least 4 members (excludes halogenated alkanes) is 3. The van der Waals surface area contributed by atoms with Crippen molar-refractivity contribution in [1.29, 1.82) is 0 Å². The van der Waals surface area contributed by atoms with Crippen LogP contribution in [0.2, 0.25) is 0 Å². The van der Waals surface area contributed by atoms with Crippen LogP contribution in [0.25, 0.3) is 10.9 Å². The van der Waals surface area contributed by atoms with Gasteiger partial charge in [0.2, 0.25) is 35.4 Å². The molecule has 8 amide bonds. The van der Waals surface area contributed by atoms with Crippen LogP contribution in [0.15, 0.2) is 30.5 Å². The largest absolute Gasteiger partial charge is 0.380 e. The Kier molecular flexibility index (Phi) is 25.6. The van der Waals surface area contributed by atoms with Gasteiger partial charge in [0.25, 0.3) is 0 Å². The number of amides is 8. The highest BCUT2D eigenvalue weighted by Crippen LogP contribution is 2.65. The molecule has 0 bridgehead atoms. The summed E-state index contributed by atoms with van der Waals surface area (Å²) in [5, 5.41) is 12.7. The average Bonchev–Trinajstić information content (AvgIpc) is 1.81. The first kappa shape index (κ1) is 68.4. The van der Waals surface area contributed by atoms with Crippen LogP contribution >= 0.6 is 0 Å². The summed E-state index contributed by atoms with van der Waals surface area (Å²) in [5.41, 5.74) is 7.06. The fourth-order valence-corrected chi connectivity index (χ4v) is 13.9. The van der Waals surface area contributed by atoms with Crippen molar-refractivity contribution in [3.63, 3.8) is 0 Å². The van der Waals surface area contributed by atoms with Crippen molar-refractivity contribution in [2.75, 3.05) is 54.0 Å². The van der Waals surface area contributed by atoms with Gasteiger partial charge < -0.3 is 46.4 Å². The Balaban J connectivity index is 1.09. The van der Waals surface area contributed by atoms with Gasteiger partial charge in [-0.25, -0.2) is 4.79 Å². The first-order valence-electron chi connectivity index (χ1n) is 31.3. The number of H-pyrrole nitrogens is 1. The fourth-order valence-electron chi connectivity index (χ4n) is 13.9. The minimum absolute atomic E-state index is 0.00325. The van der Waals surface area contributed by atoms with Crippen molar-refractivity contribution in [1.82, 2.24) is 41.0 Å². The van der Waals surface area contributed by atoms with Crippen LogP contribution in [0, 0.1) is 52.3 Å². The maximum absolute atomic E-state index is 14.6. The van der Waals surface area contributed by atoms with Crippen LogP contribution in [0.1, 0.15) is 165 Å². The number of methoxy groups -OCH3 is 2. The normalized spacial score (nSPS) is 22.1. The van der Waals surface area contributed by atoms with Gasteiger partial charge in [-0.1, -0.05) is 114 Å². The van der Waals surface area contributed by atoms with Crippen molar-refractivity contribution < 1.29 is 47.8 Å². The lowest BCUT2D eigenvalue weighted by Crippen LogP contribution is -2.55. The first-order valence-corrected chi connectivity index (χ1v) is 31.3. The molecule has 1 saturated carbocycles. The molecule has 2 aromatic rings. The number of para-hydroxylation sites is 1. The number of nitrogens with two attached hydrogens (primary N) is 1. The lowest BCUT2D eigenvalue weighted by atomic mass is 9.72. The molecule has 12 atom stereocenters. The van der Waals surface area contributed by atoms with E-state index >= 15 is 0 Å². The molecule has 3 fully saturated rings. The van der Waals surface area contributed by atoms with E-state index in [1.807, 2.05) is 90.9 Å². The Morgan fingerprint density at radius 3 is 2.18 bits per heavy atom. The quantitative estimate of drug-likeness (QED) is 0.0287. The maximum atomic E-state index is 14.6. The number of hydrogen-bond acceptors (Lipinski definition) is 11. The Hall–Kier alpha value is -5.40. The molecule has 3 heterocycles. The van der Waals surface area contributed by atoms with E-state index in [1.54, 1.807) is 21.1 Å². The number of carbonyl (C=O) groups is 8. The third kappa shape index (κ3) is 16.7. The summed E-state index contributed by atoms with van der Waals surface area (Å²) in [6.07, 6.45) is 10.1. The van der Waals surface area contributed by atoms with Gasteiger partial charge in [-0.15, -0.1) is 0 Å². The molecule has 19 nitrogen and oxygen atoms in total. The summed E-state index contributed by atoms with van der Waals surface area (Å²) in [7, 11) is 5.17. The zero-order chi connectivity index (χ0) is 61.5. The number of primary amides is 1. The van der Waals surface area contributed by atoms with Gasteiger partial charge in [0.05, 0.1) is 48.6 Å². The number of imide groups is 1. The van der Waals surface area contributed by atoms with Crippen LogP contribution in [-0.2, 0) is 49.5 Å². The zero-order valence-electron chi connectivity index (χ0n) is 52.8. The Morgan fingerprint density at radius 2 is 1.55 bits per heavy atom. The van der Waals surface area contributed by atoms with Crippen LogP contribution in [0.3, 0.4) is 0 Å². The Labute approximate surface area is 495 Å². The molecular weight excluding hydrogens is 1050 g/mol. The van der Waals surface area contributed by atoms with Gasteiger partial charge in [0, 0.05) is 81.7 Å². The van der Waals surface area contributed by atoms with E-state index in [2.05, 4.69) is 51.9 Å². The molecule has 2 aliphatic heterocycles. The summed E-state index contributed by atoms with van der Waals surface area (Å²) in [6, 6.07) is 4.95. The summed E-state index contributed by atoms with van der Waals surface area (Å²) in [6.45, 7) is 24.2. The highest BCUT2D eigenvalue weighted by Gasteiger charge is 2.62. The smallest absolute Gasteiger partial charge is 0.314 e. The van der Waals surface area contributed by atoms with E-state index in [1.165, 1.54) is 4.90 Å². The number of ether oxygens (including phenoxy) is 2. The number of rotatable bonds is 36. The minimum Gasteiger partial charge on any atom is -0.380 e. The van der Waals surface area contributed by atoms with Gasteiger partial charge >= 0.3 is 6.03 Å². The van der Waals surface area contributed by atoms with Crippen molar-refractivity contribution in [3.05, 3.63) is 36.0 Å². The van der Waals surface area contributed by atoms with E-state index in [0.717, 1.165) is 74.3 Å². The number of nitrogens with one attached hydrogen (secondary N) is 5. The second-order valence-corrected chi connectivity index (χ2v) is 25.6. The minimum atomic E-state index is -0.952. The average molecular weight is 1160 g/mol. The number of likely N-dealkylation sites (tertiary alicyclic amines) is 2. The number of likely N-dealkylation sites (N-methyl/N-ethyl adjacent to an activating group) is 1. The summed E-state index contributed by atoms with van der Waals surface area (Å²) in [4.78, 5) is 117. The number of benzene rings is 1. The molecule has 2 saturated heterocycles. The predicted molar refractivity (Wildman–Crippen MR) is 323 cm³/mol. The second kappa shape index (κ2) is 31.1. The van der Waals surface area contributed by atoms with Crippen molar-refractivity contribution in [3.8, 4) is 0 Å². The molecule has 1 aliphatic carbocycles. The monoisotopic (exact) mass is 1160 g/mol. The molecule has 19 heteroatoms. The van der Waals surface area contributed by atoms with E-state index < -0.39 is 42.2 Å². The van der Waals surface area contributed by atoms with Gasteiger partial charge in [-0.2, -0.15) is 0 Å². The molecule has 2 unspecified atom stereocenters. The number of hydrogen-bond donors (Lipinski definition) is 6. The van der Waals surface area contributed by atoms with Gasteiger partial charge in [0.15, 0.2) is 5.78 Å². The number of nitrogens with zero attached hydrogens (tertiary/aromatic N) is 3. The summed E-state index contributed by atoms with van der Waals surface area (Å²) in [5.74, 6) is -2.84. The number of urea groups is 1. The Morgan fingerprint density at radius 1 is 0.880 bits per heavy atom. The molecule has 1 aromatic heterocycles. The lowest BCUT2D eigenvalue weighted by Gasteiger charge is -2.37. The van der Waals surface area contributed by atoms with Crippen LogP contribution in [0.4, 0.5) is 4.79 Å². The number of fused-ring (bicyclic) bond motifs is 1. The molecule has 83 heavy (non-hydrogen) atoms. The predicted octanol–water partition coefficient (Wildman–Crippen LogP) is 7.53. The SMILES string of the molecule is CC[C@H](C)[C@@]1([C@@H](CC(=O)N2CCC[C@H]2[C@H](OC)[C@@H](C)C(=O)N[C@@H](Cc2c[nH]c3ccccc23)C(N)=O)OC)C[C@@H]1CC(C)C(=O)[C@@H](NC(=O)[C@H](C(C)C)N(C)CCCCCCNC(=O)NCCN1C(=O)CC(C(C)(CC)CC)C1=O)C(C)C. The van der Waals surface area contributed by atoms with Crippen molar-refractivity contribution in [2.45, 2.75) is 202 Å². The van der Waals surface area contributed by atoms with E-state index in [9.17, 15) is 38.4 Å². The number of ketones is 1. The third-order valence-electron chi connectivity index (χ3n) is 19.7. The topological polar surface area (TPSA) is 255 Å². The molecule has 0 radical (unpaired) electrons. The highest BCUT2D eigenvalue weighted by atomic mass is 16.5. The van der Waals surface area contributed by atoms with Crippen LogP contribution in [0.5, 0.6) is 0 Å². The number of aromatic amines is 1. The van der Waals surface area contributed by atoms with E-state index in [4.69, 9.17) is 15.2 Å². The highest BCUT2D eigenvalue weighted by molar-refractivity contribution is 6.04. The third-order valence-corrected chi connectivity index (χ3v) is 19.7. The van der Waals surface area contributed by atoms with E-state index in [0.29, 0.717) is 32.5 Å². The first-order chi connectivity index (χ1) is 39.3. The number of carbonyl (C=O) groups excluding carboxylic acids is 8. The number of aromatic nitrogens is 1. The van der Waals surface area contributed by atoms with Crippen LogP contribution < -0.4 is 27.0 Å². The van der Waals surface area contributed by atoms with Gasteiger partial charge in [-0.05, 0) is 106 Å². The molecule has 3 aliphatic rings. The lowest BCUT2D eigenvalue weighted by molar-refractivity contribution is -0.143. The fraction of sp³-hybridized carbons (Fsp3) is 0.750. The van der Waals surface area contributed by atoms with E-state index in [-0.39, 0.29) is 126 Å². The number of Topliss-reactive ketones (excluding diaryl/α,β-unsaturated/α-hetero) is 1. The molecule has 7 N–H and O–H groups in total. The Bertz CT molecular complexity index is 2510. The van der Waals surface area contributed by atoms with Gasteiger partial charge in [0.1, 0.15) is 6.04 Å². The van der Waals surface area contributed by atoms with Crippen molar-refractivity contribution in [2.24, 2.45) is 58.0 Å². The van der Waals surface area contributed by atoms with Crippen molar-refractivity contribution >= 4 is 58.2 Å². The van der Waals surface area contributed by atoms with Crippen LogP contribution in [-0.4, -0.2) is 157 Å². The molecule has 0 spiro atoms. The standard InChI is InChI=1S/C64H105N9O10/c1-15-42(9)64(51(82-13)36-53(75)72-31-24-27-50(72)57(83-14)43(10)59(78)69-49(58(65)77)34-44-38-68-48-26-21-20-25-46(44)48)37-45(64)33-41(8)56(76)54(39(4)5)70-60(79)55(40(6)7)71(12)30-23-19-18-22-28-66-62(81)67-29-32-73-52(74)35-47(61(73)80)63(11,16-2)17-3/h20-21,25-26,38-43,45,47,49-51,54-55,57,68H,15-19,22-24,27-37H2,1-14H3,(H2,65,77)(H,69,78)(H,70,79)(H2,66,67,81)/t41?,42-,43+,45-,47?,49-,50-,51+,54-,55-,57+,64-/m0/s1. The molecule has 1 aromatic carbocycles. The molecule has 466 valence electrons. The van der Waals surface area contributed by atoms with Gasteiger partial charge in [-0.3, -0.25) is 43.4 Å². The second-order valence-electron chi connectivity index (χ2n) is 25.6. The zero-order valence-corrected chi connectivity index (χ0v) is 52.8. The maximum Gasteiger partial charge on any atom is 0.314 e. The summed E-state index contributed by atoms with van der Waals surface area (Å²) < 4.78 is 12.3. The molecular formula is C64H105N9O10.